The summed E-state index contributed by atoms with van der Waals surface area (Å²) in [5.41, 5.74) is 1.70. The molecule has 0 atom stereocenters. The van der Waals surface area contributed by atoms with Crippen molar-refractivity contribution < 1.29 is 18.3 Å². The van der Waals surface area contributed by atoms with Gasteiger partial charge in [0, 0.05) is 24.3 Å². The van der Waals surface area contributed by atoms with Crippen molar-refractivity contribution in [1.29, 1.82) is 0 Å². The standard InChI is InChI=1S/C12H12N2O4S2/c1-8-2-3-13-5-9(8)6-14-20(17,18)10-4-11(12(15)16)19-7-10/h2-5,7,14H,6H2,1H3,(H,15,16). The lowest BCUT2D eigenvalue weighted by Crippen LogP contribution is -2.23. The second-order valence-corrected chi connectivity index (χ2v) is 6.76. The van der Waals surface area contributed by atoms with Crippen LogP contribution >= 0.6 is 11.3 Å². The molecule has 2 aromatic rings. The van der Waals surface area contributed by atoms with Crippen LogP contribution < -0.4 is 4.72 Å². The van der Waals surface area contributed by atoms with E-state index >= 15 is 0 Å². The SMILES string of the molecule is Cc1ccncc1CNS(=O)(=O)c1csc(C(=O)O)c1. The van der Waals surface area contributed by atoms with Crippen LogP contribution in [0.25, 0.3) is 0 Å². The van der Waals surface area contributed by atoms with Crippen molar-refractivity contribution in [3.8, 4) is 0 Å². The van der Waals surface area contributed by atoms with Crippen LogP contribution in [0.3, 0.4) is 0 Å². The fourth-order valence-electron chi connectivity index (χ4n) is 1.51. The molecule has 2 aromatic heterocycles. The maximum Gasteiger partial charge on any atom is 0.345 e. The molecule has 0 aliphatic carbocycles. The van der Waals surface area contributed by atoms with Gasteiger partial charge in [-0.25, -0.2) is 17.9 Å². The molecule has 0 aromatic carbocycles. The minimum absolute atomic E-state index is 0.0112. The number of hydrogen-bond acceptors (Lipinski definition) is 5. The molecule has 0 saturated heterocycles. The molecule has 0 aliphatic rings. The van der Waals surface area contributed by atoms with Crippen LogP contribution in [0.15, 0.2) is 34.8 Å². The molecule has 0 fully saturated rings. The van der Waals surface area contributed by atoms with E-state index in [1.165, 1.54) is 5.38 Å². The lowest BCUT2D eigenvalue weighted by Gasteiger charge is -2.07. The minimum Gasteiger partial charge on any atom is -0.477 e. The summed E-state index contributed by atoms with van der Waals surface area (Å²) in [5, 5.41) is 10.1. The molecule has 2 rings (SSSR count). The van der Waals surface area contributed by atoms with Crippen molar-refractivity contribution in [2.45, 2.75) is 18.4 Å². The highest BCUT2D eigenvalue weighted by Crippen LogP contribution is 2.19. The third-order valence-electron chi connectivity index (χ3n) is 2.70. The third kappa shape index (κ3) is 3.21. The average molecular weight is 312 g/mol. The van der Waals surface area contributed by atoms with Crippen LogP contribution in [0.5, 0.6) is 0 Å². The van der Waals surface area contributed by atoms with E-state index in [2.05, 4.69) is 9.71 Å². The molecule has 6 nitrogen and oxygen atoms in total. The van der Waals surface area contributed by atoms with Gasteiger partial charge in [-0.3, -0.25) is 4.98 Å². The highest BCUT2D eigenvalue weighted by atomic mass is 32.2. The molecule has 0 saturated carbocycles. The van der Waals surface area contributed by atoms with E-state index in [1.807, 2.05) is 6.92 Å². The number of thiophene rings is 1. The number of aryl methyl sites for hydroxylation is 1. The second-order valence-electron chi connectivity index (χ2n) is 4.08. The summed E-state index contributed by atoms with van der Waals surface area (Å²) in [5.74, 6) is -1.14. The monoisotopic (exact) mass is 312 g/mol. The lowest BCUT2D eigenvalue weighted by atomic mass is 10.2. The number of carboxylic acids is 1. The van der Waals surface area contributed by atoms with Crippen LogP contribution in [0.2, 0.25) is 0 Å². The van der Waals surface area contributed by atoms with Gasteiger partial charge in [-0.1, -0.05) is 0 Å². The summed E-state index contributed by atoms with van der Waals surface area (Å²) in [4.78, 5) is 14.6. The number of rotatable bonds is 5. The lowest BCUT2D eigenvalue weighted by molar-refractivity contribution is 0.0702. The Morgan fingerprint density at radius 1 is 1.50 bits per heavy atom. The summed E-state index contributed by atoms with van der Waals surface area (Å²) in [6, 6.07) is 2.93. The van der Waals surface area contributed by atoms with Gasteiger partial charge in [0.15, 0.2) is 0 Å². The van der Waals surface area contributed by atoms with Crippen LogP contribution in [-0.2, 0) is 16.6 Å². The summed E-state index contributed by atoms with van der Waals surface area (Å²) in [6.45, 7) is 1.97. The second kappa shape index (κ2) is 5.70. The van der Waals surface area contributed by atoms with E-state index in [-0.39, 0.29) is 16.3 Å². The smallest absolute Gasteiger partial charge is 0.345 e. The Hall–Kier alpha value is -1.77. The Morgan fingerprint density at radius 2 is 2.25 bits per heavy atom. The summed E-state index contributed by atoms with van der Waals surface area (Å²) in [6.07, 6.45) is 3.22. The van der Waals surface area contributed by atoms with E-state index in [0.29, 0.717) is 0 Å². The van der Waals surface area contributed by atoms with Crippen molar-refractivity contribution in [1.82, 2.24) is 9.71 Å². The normalized spacial score (nSPS) is 11.4. The van der Waals surface area contributed by atoms with E-state index in [1.54, 1.807) is 18.5 Å². The Labute approximate surface area is 120 Å². The molecule has 2 N–H and O–H groups in total. The van der Waals surface area contributed by atoms with Gasteiger partial charge in [-0.15, -0.1) is 11.3 Å². The minimum atomic E-state index is -3.72. The summed E-state index contributed by atoms with van der Waals surface area (Å²) < 4.78 is 26.5. The number of aromatic nitrogens is 1. The first-order valence-electron chi connectivity index (χ1n) is 5.61. The first-order chi connectivity index (χ1) is 9.40. The zero-order chi connectivity index (χ0) is 14.8. The maximum atomic E-state index is 12.0. The first-order valence-corrected chi connectivity index (χ1v) is 7.97. The average Bonchev–Trinajstić information content (AvgIpc) is 2.88. The van der Waals surface area contributed by atoms with Gasteiger partial charge in [0.1, 0.15) is 4.88 Å². The Bertz CT molecular complexity index is 737. The third-order valence-corrected chi connectivity index (χ3v) is 5.14. The Kier molecular flexibility index (Phi) is 4.17. The number of hydrogen-bond donors (Lipinski definition) is 2. The van der Waals surface area contributed by atoms with E-state index in [9.17, 15) is 13.2 Å². The molecule has 2 heterocycles. The number of pyridine rings is 1. The first kappa shape index (κ1) is 14.6. The topological polar surface area (TPSA) is 96.4 Å². The highest BCUT2D eigenvalue weighted by molar-refractivity contribution is 7.89. The van der Waals surface area contributed by atoms with Gasteiger partial charge in [-0.2, -0.15) is 0 Å². The molecular weight excluding hydrogens is 300 g/mol. The molecule has 20 heavy (non-hydrogen) atoms. The Morgan fingerprint density at radius 3 is 2.85 bits per heavy atom. The summed E-state index contributed by atoms with van der Waals surface area (Å²) in [7, 11) is -3.72. The predicted molar refractivity (Wildman–Crippen MR) is 74.3 cm³/mol. The molecular formula is C12H12N2O4S2. The highest BCUT2D eigenvalue weighted by Gasteiger charge is 2.18. The molecule has 0 spiro atoms. The molecule has 8 heteroatoms. The van der Waals surface area contributed by atoms with E-state index in [4.69, 9.17) is 5.11 Å². The van der Waals surface area contributed by atoms with Gasteiger partial charge in [0.05, 0.1) is 4.90 Å². The van der Waals surface area contributed by atoms with E-state index in [0.717, 1.165) is 28.5 Å². The van der Waals surface area contributed by atoms with Gasteiger partial charge in [-0.05, 0) is 30.2 Å². The predicted octanol–water partition coefficient (Wildman–Crippen LogP) is 1.63. The van der Waals surface area contributed by atoms with Crippen LogP contribution in [-0.4, -0.2) is 24.5 Å². The molecule has 106 valence electrons. The van der Waals surface area contributed by atoms with Crippen molar-refractivity contribution in [2.75, 3.05) is 0 Å². The number of aromatic carboxylic acids is 1. The molecule has 0 unspecified atom stereocenters. The number of sulfonamides is 1. The number of carbonyl (C=O) groups is 1. The van der Waals surface area contributed by atoms with Crippen LogP contribution in [0, 0.1) is 6.92 Å². The number of carboxylic acid groups (broad SMARTS) is 1. The Balaban J connectivity index is 2.15. The van der Waals surface area contributed by atoms with Crippen LogP contribution in [0.4, 0.5) is 0 Å². The fourth-order valence-corrected chi connectivity index (χ4v) is 3.63. The largest absolute Gasteiger partial charge is 0.477 e. The van der Waals surface area contributed by atoms with Gasteiger partial charge >= 0.3 is 5.97 Å². The fraction of sp³-hybridized carbons (Fsp3) is 0.167. The van der Waals surface area contributed by atoms with Crippen molar-refractivity contribution in [2.24, 2.45) is 0 Å². The number of nitrogens with one attached hydrogen (secondary N) is 1. The van der Waals surface area contributed by atoms with Crippen molar-refractivity contribution in [3.05, 3.63) is 45.9 Å². The molecule has 0 radical (unpaired) electrons. The zero-order valence-corrected chi connectivity index (χ0v) is 12.2. The van der Waals surface area contributed by atoms with E-state index < -0.39 is 16.0 Å². The summed E-state index contributed by atoms with van der Waals surface area (Å²) >= 11 is 0.878. The zero-order valence-electron chi connectivity index (χ0n) is 10.5. The maximum absolute atomic E-state index is 12.0. The van der Waals surface area contributed by atoms with Gasteiger partial charge < -0.3 is 5.11 Å². The number of nitrogens with zero attached hydrogens (tertiary/aromatic N) is 1. The quantitative estimate of drug-likeness (QED) is 0.874. The van der Waals surface area contributed by atoms with Gasteiger partial charge in [0.25, 0.3) is 0 Å². The molecule has 0 bridgehead atoms. The molecule has 0 amide bonds. The van der Waals surface area contributed by atoms with Crippen molar-refractivity contribution >= 4 is 27.3 Å². The van der Waals surface area contributed by atoms with Gasteiger partial charge in [0.2, 0.25) is 10.0 Å². The van der Waals surface area contributed by atoms with Crippen LogP contribution in [0.1, 0.15) is 20.8 Å². The van der Waals surface area contributed by atoms with Crippen molar-refractivity contribution in [3.63, 3.8) is 0 Å². The molecule has 0 aliphatic heterocycles.